The summed E-state index contributed by atoms with van der Waals surface area (Å²) in [5.41, 5.74) is 0.418. The van der Waals surface area contributed by atoms with Crippen molar-refractivity contribution in [2.24, 2.45) is 11.8 Å². The van der Waals surface area contributed by atoms with Crippen molar-refractivity contribution >= 4 is 18.0 Å². The Hall–Kier alpha value is -2.57. The van der Waals surface area contributed by atoms with Crippen molar-refractivity contribution < 1.29 is 29.0 Å². The van der Waals surface area contributed by atoms with Gasteiger partial charge in [0.15, 0.2) is 0 Å². The number of carboxylic acid groups (broad SMARTS) is 1. The van der Waals surface area contributed by atoms with Crippen LogP contribution in [0.15, 0.2) is 30.3 Å². The first kappa shape index (κ1) is 20.5. The second-order valence-electron chi connectivity index (χ2n) is 6.03. The zero-order chi connectivity index (χ0) is 18.7. The van der Waals surface area contributed by atoms with Crippen LogP contribution in [0.3, 0.4) is 0 Å². The van der Waals surface area contributed by atoms with Crippen LogP contribution in [0.25, 0.3) is 0 Å². The topological polar surface area (TPSA) is 102 Å². The minimum Gasteiger partial charge on any atom is -0.481 e. The summed E-state index contributed by atoms with van der Waals surface area (Å²) in [4.78, 5) is 34.4. The Kier molecular flexibility index (Phi) is 9.06. The molecule has 2 N–H and O–H groups in total. The van der Waals surface area contributed by atoms with Crippen LogP contribution in [-0.2, 0) is 14.3 Å². The third-order valence-corrected chi connectivity index (χ3v) is 3.49. The number of aliphatic carboxylic acids is 1. The van der Waals surface area contributed by atoms with Gasteiger partial charge in [0, 0.05) is 6.54 Å². The average Bonchev–Trinajstić information content (AvgIpc) is 2.58. The van der Waals surface area contributed by atoms with Crippen molar-refractivity contribution in [1.82, 2.24) is 5.32 Å². The summed E-state index contributed by atoms with van der Waals surface area (Å²) in [5, 5.41) is 11.6. The Morgan fingerprint density at radius 3 is 2.28 bits per heavy atom. The molecule has 0 heterocycles. The number of rotatable bonds is 10. The summed E-state index contributed by atoms with van der Waals surface area (Å²) in [6.45, 7) is 3.85. The molecule has 0 saturated carbocycles. The first-order chi connectivity index (χ1) is 11.9. The van der Waals surface area contributed by atoms with Crippen LogP contribution in [0.1, 0.15) is 37.0 Å². The van der Waals surface area contributed by atoms with Gasteiger partial charge in [-0.25, -0.2) is 9.59 Å². The van der Waals surface area contributed by atoms with E-state index in [9.17, 15) is 14.4 Å². The largest absolute Gasteiger partial charge is 0.481 e. The van der Waals surface area contributed by atoms with Crippen molar-refractivity contribution in [3.63, 3.8) is 0 Å². The van der Waals surface area contributed by atoms with E-state index in [1.54, 1.807) is 30.3 Å². The molecule has 0 spiro atoms. The van der Waals surface area contributed by atoms with Crippen molar-refractivity contribution in [3.05, 3.63) is 35.9 Å². The fourth-order valence-corrected chi connectivity index (χ4v) is 2.03. The van der Waals surface area contributed by atoms with E-state index in [4.69, 9.17) is 14.6 Å². The molecule has 0 radical (unpaired) electrons. The second kappa shape index (κ2) is 11.1. The number of amides is 1. The minimum atomic E-state index is -0.947. The number of alkyl carbamates (subject to hydrolysis) is 1. The molecule has 1 rings (SSSR count). The van der Waals surface area contributed by atoms with Crippen LogP contribution in [0.4, 0.5) is 4.79 Å². The lowest BCUT2D eigenvalue weighted by atomic mass is 9.98. The van der Waals surface area contributed by atoms with Gasteiger partial charge in [0.25, 0.3) is 0 Å². The predicted molar refractivity (Wildman–Crippen MR) is 91.3 cm³/mol. The van der Waals surface area contributed by atoms with Gasteiger partial charge < -0.3 is 19.9 Å². The smallest absolute Gasteiger partial charge is 0.407 e. The Morgan fingerprint density at radius 1 is 1.04 bits per heavy atom. The molecule has 0 fully saturated rings. The van der Waals surface area contributed by atoms with Crippen LogP contribution >= 0.6 is 0 Å². The second-order valence-corrected chi connectivity index (χ2v) is 6.03. The molecule has 1 aromatic carbocycles. The van der Waals surface area contributed by atoms with Gasteiger partial charge in [0.1, 0.15) is 13.2 Å². The first-order valence-electron chi connectivity index (χ1n) is 8.25. The van der Waals surface area contributed by atoms with Crippen LogP contribution < -0.4 is 5.32 Å². The lowest BCUT2D eigenvalue weighted by Crippen LogP contribution is -2.34. The highest BCUT2D eigenvalue weighted by atomic mass is 16.6. The molecule has 0 saturated heterocycles. The van der Waals surface area contributed by atoms with E-state index in [0.29, 0.717) is 17.9 Å². The third kappa shape index (κ3) is 8.74. The van der Waals surface area contributed by atoms with Gasteiger partial charge in [0.05, 0.1) is 11.5 Å². The maximum Gasteiger partial charge on any atom is 0.407 e. The highest BCUT2D eigenvalue weighted by Crippen LogP contribution is 2.12. The van der Waals surface area contributed by atoms with E-state index in [-0.39, 0.29) is 19.8 Å². The lowest BCUT2D eigenvalue weighted by Gasteiger charge is -2.14. The molecule has 1 unspecified atom stereocenters. The van der Waals surface area contributed by atoms with Crippen LogP contribution in [0, 0.1) is 11.8 Å². The van der Waals surface area contributed by atoms with Crippen LogP contribution in [-0.4, -0.2) is 42.9 Å². The molecule has 0 aliphatic heterocycles. The van der Waals surface area contributed by atoms with E-state index in [1.165, 1.54) is 0 Å². The van der Waals surface area contributed by atoms with Crippen molar-refractivity contribution in [3.8, 4) is 0 Å². The molecule has 0 aromatic heterocycles. The summed E-state index contributed by atoms with van der Waals surface area (Å²) < 4.78 is 9.83. The SMILES string of the molecule is CC(C)CCC(CNC(=O)OCCOC(=O)c1ccccc1)C(=O)O. The Bertz CT molecular complexity index is 558. The number of nitrogens with one attached hydrogen (secondary N) is 1. The number of carboxylic acids is 1. The number of hydrogen-bond donors (Lipinski definition) is 2. The number of ether oxygens (including phenoxy) is 2. The molecule has 1 amide bonds. The highest BCUT2D eigenvalue weighted by Gasteiger charge is 2.19. The summed E-state index contributed by atoms with van der Waals surface area (Å²) >= 11 is 0. The molecule has 0 bridgehead atoms. The van der Waals surface area contributed by atoms with Gasteiger partial charge in [-0.15, -0.1) is 0 Å². The van der Waals surface area contributed by atoms with E-state index < -0.39 is 23.9 Å². The number of carbonyl (C=O) groups excluding carboxylic acids is 2. The fourth-order valence-electron chi connectivity index (χ4n) is 2.03. The van der Waals surface area contributed by atoms with Crippen LogP contribution in [0.2, 0.25) is 0 Å². The van der Waals surface area contributed by atoms with Gasteiger partial charge in [-0.2, -0.15) is 0 Å². The fraction of sp³-hybridized carbons (Fsp3) is 0.500. The quantitative estimate of drug-likeness (QED) is 0.496. The molecular formula is C18H25NO6. The van der Waals surface area contributed by atoms with E-state index in [1.807, 2.05) is 13.8 Å². The Morgan fingerprint density at radius 2 is 1.68 bits per heavy atom. The maximum absolute atomic E-state index is 11.7. The molecule has 0 aliphatic rings. The Labute approximate surface area is 147 Å². The normalized spacial score (nSPS) is 11.6. The molecule has 0 aliphatic carbocycles. The number of benzene rings is 1. The summed E-state index contributed by atoms with van der Waals surface area (Å²) in [6.07, 6.45) is 0.525. The third-order valence-electron chi connectivity index (χ3n) is 3.49. The highest BCUT2D eigenvalue weighted by molar-refractivity contribution is 5.89. The standard InChI is InChI=1S/C18H25NO6/c1-13(2)8-9-15(16(20)21)12-19-18(23)25-11-10-24-17(22)14-6-4-3-5-7-14/h3-7,13,15H,8-12H2,1-2H3,(H,19,23)(H,20,21). The zero-order valence-electron chi connectivity index (χ0n) is 14.6. The van der Waals surface area contributed by atoms with Crippen molar-refractivity contribution in [2.45, 2.75) is 26.7 Å². The van der Waals surface area contributed by atoms with Crippen LogP contribution in [0.5, 0.6) is 0 Å². The molecule has 1 atom stereocenters. The Balaban J connectivity index is 2.21. The van der Waals surface area contributed by atoms with E-state index in [2.05, 4.69) is 5.32 Å². The number of esters is 1. The van der Waals surface area contributed by atoms with Gasteiger partial charge >= 0.3 is 18.0 Å². The van der Waals surface area contributed by atoms with Gasteiger partial charge in [-0.05, 0) is 24.5 Å². The molecular weight excluding hydrogens is 326 g/mol. The molecule has 25 heavy (non-hydrogen) atoms. The molecule has 7 nitrogen and oxygen atoms in total. The first-order valence-corrected chi connectivity index (χ1v) is 8.25. The number of carbonyl (C=O) groups is 3. The predicted octanol–water partition coefficient (Wildman–Crippen LogP) is 2.71. The summed E-state index contributed by atoms with van der Waals surface area (Å²) in [7, 11) is 0. The lowest BCUT2D eigenvalue weighted by molar-refractivity contribution is -0.141. The van der Waals surface area contributed by atoms with Gasteiger partial charge in [-0.1, -0.05) is 38.5 Å². The minimum absolute atomic E-state index is 0.00465. The maximum atomic E-state index is 11.7. The van der Waals surface area contributed by atoms with Crippen molar-refractivity contribution in [2.75, 3.05) is 19.8 Å². The van der Waals surface area contributed by atoms with E-state index >= 15 is 0 Å². The monoisotopic (exact) mass is 351 g/mol. The van der Waals surface area contributed by atoms with Crippen molar-refractivity contribution in [1.29, 1.82) is 0 Å². The van der Waals surface area contributed by atoms with Gasteiger partial charge in [-0.3, -0.25) is 4.79 Å². The molecule has 138 valence electrons. The van der Waals surface area contributed by atoms with Gasteiger partial charge in [0.2, 0.25) is 0 Å². The average molecular weight is 351 g/mol. The summed E-state index contributed by atoms with van der Waals surface area (Å²) in [5.74, 6) is -1.69. The molecule has 1 aromatic rings. The number of hydrogen-bond acceptors (Lipinski definition) is 5. The van der Waals surface area contributed by atoms with E-state index in [0.717, 1.165) is 6.42 Å². The zero-order valence-corrected chi connectivity index (χ0v) is 14.6. The summed E-state index contributed by atoms with van der Waals surface area (Å²) in [6, 6.07) is 8.48. The molecule has 7 heteroatoms.